The summed E-state index contributed by atoms with van der Waals surface area (Å²) < 4.78 is 6.52. The highest BCUT2D eigenvalue weighted by molar-refractivity contribution is 6.01. The van der Waals surface area contributed by atoms with Crippen molar-refractivity contribution in [2.75, 3.05) is 20.2 Å². The van der Waals surface area contributed by atoms with Crippen LogP contribution in [0.25, 0.3) is 22.3 Å². The summed E-state index contributed by atoms with van der Waals surface area (Å²) in [6, 6.07) is 15.9. The molecule has 0 bridgehead atoms. The van der Waals surface area contributed by atoms with Crippen molar-refractivity contribution in [2.24, 2.45) is 0 Å². The van der Waals surface area contributed by atoms with Crippen LogP contribution in [0.5, 0.6) is 0 Å². The zero-order chi connectivity index (χ0) is 19.5. The van der Waals surface area contributed by atoms with E-state index in [4.69, 9.17) is 5.10 Å². The molecule has 1 aromatic carbocycles. The van der Waals surface area contributed by atoms with Crippen molar-refractivity contribution in [3.63, 3.8) is 0 Å². The molecule has 2 aromatic heterocycles. The van der Waals surface area contributed by atoms with Crippen LogP contribution in [0.2, 0.25) is 0 Å². The molecule has 0 unspecified atom stereocenters. The minimum absolute atomic E-state index is 0.0838. The molecule has 1 amide bonds. The number of hydrogen-bond acceptors (Lipinski definition) is 4. The van der Waals surface area contributed by atoms with E-state index < -0.39 is 0 Å². The molecule has 3 heterocycles. The Morgan fingerprint density at radius 3 is 2.68 bits per heavy atom. The topological polar surface area (TPSA) is 63.9 Å². The average Bonchev–Trinajstić information content (AvgIpc) is 3.13. The maximum absolute atomic E-state index is 12.7. The number of pyridine rings is 1. The highest BCUT2D eigenvalue weighted by atomic mass is 16.5. The Kier molecular flexibility index (Phi) is 4.93. The summed E-state index contributed by atoms with van der Waals surface area (Å²) in [6.07, 6.45) is 4.51. The van der Waals surface area contributed by atoms with Gasteiger partial charge in [-0.1, -0.05) is 36.4 Å². The van der Waals surface area contributed by atoms with E-state index in [1.165, 1.54) is 7.11 Å². The molecule has 0 fully saturated rings. The fraction of sp³-hybridized carbons (Fsp3) is 0.227. The third kappa shape index (κ3) is 3.41. The van der Waals surface area contributed by atoms with E-state index in [1.807, 2.05) is 59.2 Å². The molecule has 0 atom stereocenters. The standard InChI is InChI=1S/C22H21N3O3/c1-28-20(27)11-14-24-13-10-17(15-19(24)26)21-18-9-5-6-12-25(18)23-22(21)16-7-3-2-4-8-16/h2-9,12,15H,10-11,13-14H2,1H3. The summed E-state index contributed by atoms with van der Waals surface area (Å²) in [4.78, 5) is 25.7. The highest BCUT2D eigenvalue weighted by Gasteiger charge is 2.24. The van der Waals surface area contributed by atoms with Gasteiger partial charge in [0.1, 0.15) is 5.69 Å². The fourth-order valence-corrected chi connectivity index (χ4v) is 3.54. The van der Waals surface area contributed by atoms with E-state index in [0.29, 0.717) is 19.5 Å². The van der Waals surface area contributed by atoms with Gasteiger partial charge in [0, 0.05) is 36.5 Å². The number of benzene rings is 1. The first-order chi connectivity index (χ1) is 13.7. The number of ether oxygens (including phenoxy) is 1. The third-order valence-electron chi connectivity index (χ3n) is 4.98. The van der Waals surface area contributed by atoms with Crippen molar-refractivity contribution >= 4 is 23.0 Å². The minimum Gasteiger partial charge on any atom is -0.469 e. The first-order valence-electron chi connectivity index (χ1n) is 9.27. The van der Waals surface area contributed by atoms with Crippen molar-refractivity contribution in [2.45, 2.75) is 12.8 Å². The van der Waals surface area contributed by atoms with E-state index in [0.717, 1.165) is 27.9 Å². The lowest BCUT2D eigenvalue weighted by atomic mass is 9.95. The second-order valence-electron chi connectivity index (χ2n) is 6.69. The molecule has 0 radical (unpaired) electrons. The number of aromatic nitrogens is 2. The molecule has 4 rings (SSSR count). The summed E-state index contributed by atoms with van der Waals surface area (Å²) in [5.74, 6) is -0.393. The number of methoxy groups -OCH3 is 1. The largest absolute Gasteiger partial charge is 0.469 e. The number of hydrogen-bond donors (Lipinski definition) is 0. The molecule has 142 valence electrons. The predicted octanol–water partition coefficient (Wildman–Crippen LogP) is 3.18. The summed E-state index contributed by atoms with van der Waals surface area (Å²) in [6.45, 7) is 0.940. The summed E-state index contributed by atoms with van der Waals surface area (Å²) in [5, 5.41) is 4.76. The number of amides is 1. The summed E-state index contributed by atoms with van der Waals surface area (Å²) in [5.41, 5.74) is 4.83. The normalized spacial score (nSPS) is 14.2. The van der Waals surface area contributed by atoms with Crippen LogP contribution in [-0.2, 0) is 14.3 Å². The number of rotatable bonds is 5. The van der Waals surface area contributed by atoms with Gasteiger partial charge in [-0.25, -0.2) is 4.52 Å². The van der Waals surface area contributed by atoms with Gasteiger partial charge in [0.15, 0.2) is 0 Å². The van der Waals surface area contributed by atoms with Crippen molar-refractivity contribution in [3.05, 3.63) is 66.4 Å². The van der Waals surface area contributed by atoms with E-state index in [9.17, 15) is 9.59 Å². The Labute approximate surface area is 163 Å². The van der Waals surface area contributed by atoms with Crippen LogP contribution < -0.4 is 0 Å². The van der Waals surface area contributed by atoms with Crippen LogP contribution in [0.4, 0.5) is 0 Å². The van der Waals surface area contributed by atoms with Gasteiger partial charge in [0.25, 0.3) is 0 Å². The van der Waals surface area contributed by atoms with Crippen molar-refractivity contribution < 1.29 is 14.3 Å². The van der Waals surface area contributed by atoms with E-state index in [-0.39, 0.29) is 18.3 Å². The fourth-order valence-electron chi connectivity index (χ4n) is 3.54. The van der Waals surface area contributed by atoms with Crippen LogP contribution >= 0.6 is 0 Å². The maximum Gasteiger partial charge on any atom is 0.307 e. The van der Waals surface area contributed by atoms with Crippen molar-refractivity contribution in [1.29, 1.82) is 0 Å². The molecule has 3 aromatic rings. The van der Waals surface area contributed by atoms with Gasteiger partial charge in [-0.15, -0.1) is 0 Å². The second-order valence-corrected chi connectivity index (χ2v) is 6.69. The van der Waals surface area contributed by atoms with Gasteiger partial charge in [-0.3, -0.25) is 9.59 Å². The lowest BCUT2D eigenvalue weighted by Crippen LogP contribution is -2.35. The lowest BCUT2D eigenvalue weighted by molar-refractivity contribution is -0.141. The van der Waals surface area contributed by atoms with Gasteiger partial charge < -0.3 is 9.64 Å². The van der Waals surface area contributed by atoms with Crippen LogP contribution in [0.15, 0.2) is 60.8 Å². The van der Waals surface area contributed by atoms with Gasteiger partial charge in [-0.2, -0.15) is 5.10 Å². The zero-order valence-corrected chi connectivity index (χ0v) is 15.7. The number of carbonyl (C=O) groups excluding carboxylic acids is 2. The minimum atomic E-state index is -0.309. The molecular formula is C22H21N3O3. The molecule has 0 spiro atoms. The van der Waals surface area contributed by atoms with E-state index >= 15 is 0 Å². The molecule has 1 aliphatic heterocycles. The Balaban J connectivity index is 1.71. The Bertz CT molecular complexity index is 1050. The third-order valence-corrected chi connectivity index (χ3v) is 4.98. The Morgan fingerprint density at radius 1 is 1.14 bits per heavy atom. The van der Waals surface area contributed by atoms with Crippen molar-refractivity contribution in [1.82, 2.24) is 14.5 Å². The number of nitrogens with zero attached hydrogens (tertiary/aromatic N) is 3. The number of esters is 1. The smallest absolute Gasteiger partial charge is 0.307 e. The first kappa shape index (κ1) is 18.0. The van der Waals surface area contributed by atoms with Gasteiger partial charge >= 0.3 is 5.97 Å². The second kappa shape index (κ2) is 7.68. The predicted molar refractivity (Wildman–Crippen MR) is 106 cm³/mol. The average molecular weight is 375 g/mol. The van der Waals surface area contributed by atoms with E-state index in [2.05, 4.69) is 4.74 Å². The van der Waals surface area contributed by atoms with Crippen LogP contribution in [0.3, 0.4) is 0 Å². The van der Waals surface area contributed by atoms with Gasteiger partial charge in [-0.05, 0) is 24.1 Å². The molecule has 6 nitrogen and oxygen atoms in total. The highest BCUT2D eigenvalue weighted by Crippen LogP contribution is 2.35. The quantitative estimate of drug-likeness (QED) is 0.643. The summed E-state index contributed by atoms with van der Waals surface area (Å²) >= 11 is 0. The first-order valence-corrected chi connectivity index (χ1v) is 9.27. The van der Waals surface area contributed by atoms with Crippen molar-refractivity contribution in [3.8, 4) is 11.3 Å². The maximum atomic E-state index is 12.7. The molecule has 0 saturated heterocycles. The number of fused-ring (bicyclic) bond motifs is 1. The lowest BCUT2D eigenvalue weighted by Gasteiger charge is -2.26. The van der Waals surface area contributed by atoms with Crippen LogP contribution in [0, 0.1) is 0 Å². The summed E-state index contributed by atoms with van der Waals surface area (Å²) in [7, 11) is 1.36. The SMILES string of the molecule is COC(=O)CCN1CCC(c2c(-c3ccccc3)nn3ccccc23)=CC1=O. The number of carbonyl (C=O) groups is 2. The zero-order valence-electron chi connectivity index (χ0n) is 15.7. The van der Waals surface area contributed by atoms with E-state index in [1.54, 1.807) is 11.0 Å². The van der Waals surface area contributed by atoms with Gasteiger partial charge in [0.2, 0.25) is 5.91 Å². The monoisotopic (exact) mass is 375 g/mol. The molecule has 6 heteroatoms. The van der Waals surface area contributed by atoms with Gasteiger partial charge in [0.05, 0.1) is 19.0 Å². The molecule has 0 N–H and O–H groups in total. The molecule has 0 saturated carbocycles. The molecule has 28 heavy (non-hydrogen) atoms. The molecular weight excluding hydrogens is 354 g/mol. The Morgan fingerprint density at radius 2 is 1.93 bits per heavy atom. The Hall–Kier alpha value is -3.41. The molecule has 0 aliphatic carbocycles. The van der Waals surface area contributed by atoms with Crippen LogP contribution in [0.1, 0.15) is 18.4 Å². The van der Waals surface area contributed by atoms with Crippen LogP contribution in [-0.4, -0.2) is 46.6 Å². The molecule has 1 aliphatic rings.